The van der Waals surface area contributed by atoms with Crippen LogP contribution in [0.25, 0.3) is 0 Å². The predicted molar refractivity (Wildman–Crippen MR) is 127 cm³/mol. The summed E-state index contributed by atoms with van der Waals surface area (Å²) in [7, 11) is 0. The first-order valence-corrected chi connectivity index (χ1v) is 11.0. The number of rotatable bonds is 7. The fraction of sp³-hybridized carbons (Fsp3) is 0.435. The van der Waals surface area contributed by atoms with E-state index in [1.54, 1.807) is 18.5 Å². The minimum Gasteiger partial charge on any atom is -0.484 e. The molecule has 0 saturated carbocycles. The number of piperazine rings is 1. The topological polar surface area (TPSA) is 134 Å². The molecule has 1 atom stereocenters. The number of carbonyl (C=O) groups excluding carboxylic acids is 1. The lowest BCUT2D eigenvalue weighted by atomic mass is 9.99. The van der Waals surface area contributed by atoms with Crippen LogP contribution in [0.1, 0.15) is 12.5 Å². The zero-order valence-electron chi connectivity index (χ0n) is 18.7. The Morgan fingerprint density at radius 2 is 2.12 bits per heavy atom. The van der Waals surface area contributed by atoms with Crippen LogP contribution in [-0.2, 0) is 11.2 Å². The number of β-amino-alcohol motifs (C(OH)–C–C–N with tert-alkyl or cyclic N) is 1. The lowest BCUT2D eigenvalue weighted by Gasteiger charge is -2.36. The Hall–Kier alpha value is -3.21. The highest BCUT2D eigenvalue weighted by atomic mass is 16.5. The number of amides is 1. The molecule has 0 spiro atoms. The molecule has 33 heavy (non-hydrogen) atoms. The van der Waals surface area contributed by atoms with Crippen LogP contribution in [0.4, 0.5) is 11.4 Å². The molecule has 3 aliphatic rings. The molecule has 3 heterocycles. The first-order valence-electron chi connectivity index (χ1n) is 11.0. The largest absolute Gasteiger partial charge is 0.484 e. The highest BCUT2D eigenvalue weighted by molar-refractivity contribution is 6.18. The maximum Gasteiger partial charge on any atom is 0.261 e. The van der Waals surface area contributed by atoms with Gasteiger partial charge in [-0.05, 0) is 19.1 Å². The Morgan fingerprint density at radius 1 is 1.33 bits per heavy atom. The Bertz CT molecular complexity index is 1010. The van der Waals surface area contributed by atoms with Crippen molar-refractivity contribution in [3.63, 3.8) is 0 Å². The molecule has 1 saturated heterocycles. The SMILES string of the molecule is C[C@@]1(CO)Cc2cc(NC(=O)/C(C=N)=C3\N=CC=CN3)c(N3CCN(CCO)CC3)cc2O1. The number of ether oxygens (including phenoxy) is 1. The van der Waals surface area contributed by atoms with Gasteiger partial charge in [0.25, 0.3) is 5.91 Å². The number of aliphatic imine (C=N–C) groups is 1. The van der Waals surface area contributed by atoms with Crippen molar-refractivity contribution in [2.75, 3.05) is 56.2 Å². The van der Waals surface area contributed by atoms with Crippen molar-refractivity contribution in [2.45, 2.75) is 18.9 Å². The van der Waals surface area contributed by atoms with Gasteiger partial charge in [0, 0.05) is 69.4 Å². The van der Waals surface area contributed by atoms with E-state index in [0.29, 0.717) is 30.2 Å². The molecule has 10 nitrogen and oxygen atoms in total. The van der Waals surface area contributed by atoms with Crippen molar-refractivity contribution in [1.29, 1.82) is 5.41 Å². The van der Waals surface area contributed by atoms with Crippen LogP contribution < -0.4 is 20.3 Å². The van der Waals surface area contributed by atoms with Crippen molar-refractivity contribution in [1.82, 2.24) is 10.2 Å². The number of aliphatic hydroxyl groups excluding tert-OH is 2. The maximum absolute atomic E-state index is 13.1. The molecule has 1 amide bonds. The number of nitrogens with one attached hydrogen (secondary N) is 3. The second-order valence-electron chi connectivity index (χ2n) is 8.56. The third-order valence-electron chi connectivity index (χ3n) is 6.06. The summed E-state index contributed by atoms with van der Waals surface area (Å²) in [5.41, 5.74) is 1.77. The summed E-state index contributed by atoms with van der Waals surface area (Å²) >= 11 is 0. The average Bonchev–Trinajstić information content (AvgIpc) is 3.16. The molecular weight excluding hydrogens is 424 g/mol. The minimum atomic E-state index is -0.697. The highest BCUT2D eigenvalue weighted by Crippen LogP contribution is 2.42. The summed E-state index contributed by atoms with van der Waals surface area (Å²) in [5, 5.41) is 32.6. The fourth-order valence-electron chi connectivity index (χ4n) is 4.26. The van der Waals surface area contributed by atoms with E-state index in [9.17, 15) is 15.0 Å². The molecule has 0 aliphatic carbocycles. The van der Waals surface area contributed by atoms with Crippen molar-refractivity contribution >= 4 is 29.7 Å². The van der Waals surface area contributed by atoms with Gasteiger partial charge >= 0.3 is 0 Å². The summed E-state index contributed by atoms with van der Waals surface area (Å²) in [6.07, 6.45) is 6.43. The van der Waals surface area contributed by atoms with Gasteiger partial charge in [0.2, 0.25) is 0 Å². The molecule has 10 heteroatoms. The minimum absolute atomic E-state index is 0.111. The van der Waals surface area contributed by atoms with Crippen molar-refractivity contribution in [2.24, 2.45) is 4.99 Å². The molecule has 176 valence electrons. The van der Waals surface area contributed by atoms with Crippen molar-refractivity contribution < 1.29 is 19.7 Å². The lowest BCUT2D eigenvalue weighted by molar-refractivity contribution is -0.112. The molecule has 1 aromatic carbocycles. The second-order valence-corrected chi connectivity index (χ2v) is 8.56. The van der Waals surface area contributed by atoms with Gasteiger partial charge in [-0.3, -0.25) is 9.69 Å². The molecule has 5 N–H and O–H groups in total. The van der Waals surface area contributed by atoms with Gasteiger partial charge in [-0.1, -0.05) is 0 Å². The number of anilines is 2. The van der Waals surface area contributed by atoms with Crippen LogP contribution in [0.2, 0.25) is 0 Å². The van der Waals surface area contributed by atoms with Crippen LogP contribution >= 0.6 is 0 Å². The van der Waals surface area contributed by atoms with Crippen LogP contribution in [0, 0.1) is 5.41 Å². The second kappa shape index (κ2) is 9.74. The fourth-order valence-corrected chi connectivity index (χ4v) is 4.26. The third kappa shape index (κ3) is 4.92. The Labute approximate surface area is 192 Å². The van der Waals surface area contributed by atoms with E-state index in [1.807, 2.05) is 19.1 Å². The van der Waals surface area contributed by atoms with E-state index in [-0.39, 0.29) is 18.8 Å². The predicted octanol–water partition coefficient (Wildman–Crippen LogP) is 0.474. The van der Waals surface area contributed by atoms with Gasteiger partial charge in [-0.15, -0.1) is 0 Å². The molecule has 1 fully saturated rings. The number of hydrogen-bond acceptors (Lipinski definition) is 9. The maximum atomic E-state index is 13.1. The number of carbonyl (C=O) groups is 1. The van der Waals surface area contributed by atoms with Crippen LogP contribution in [0.3, 0.4) is 0 Å². The summed E-state index contributed by atoms with van der Waals surface area (Å²) < 4.78 is 6.04. The van der Waals surface area contributed by atoms with Gasteiger partial charge in [0.05, 0.1) is 30.2 Å². The van der Waals surface area contributed by atoms with E-state index >= 15 is 0 Å². The molecular formula is C23H30N6O4. The third-order valence-corrected chi connectivity index (χ3v) is 6.06. The molecule has 0 aromatic heterocycles. The number of hydrogen-bond donors (Lipinski definition) is 5. The first kappa shape index (κ1) is 23.0. The Morgan fingerprint density at radius 3 is 2.76 bits per heavy atom. The summed E-state index contributed by atoms with van der Waals surface area (Å²) in [4.78, 5) is 21.6. The Balaban J connectivity index is 1.64. The summed E-state index contributed by atoms with van der Waals surface area (Å²) in [5.74, 6) is 0.567. The van der Waals surface area contributed by atoms with Gasteiger partial charge in [-0.2, -0.15) is 0 Å². The lowest BCUT2D eigenvalue weighted by Crippen LogP contribution is -2.47. The van der Waals surface area contributed by atoms with Gasteiger partial charge in [0.1, 0.15) is 17.2 Å². The molecule has 0 unspecified atom stereocenters. The smallest absolute Gasteiger partial charge is 0.261 e. The van der Waals surface area contributed by atoms with Crippen molar-refractivity contribution in [3.8, 4) is 5.75 Å². The normalized spacial score (nSPS) is 23.5. The van der Waals surface area contributed by atoms with E-state index in [0.717, 1.165) is 43.6 Å². The summed E-state index contributed by atoms with van der Waals surface area (Å²) in [6.45, 7) is 5.55. The van der Waals surface area contributed by atoms with Crippen molar-refractivity contribution in [3.05, 3.63) is 41.4 Å². The average molecular weight is 455 g/mol. The first-order chi connectivity index (χ1) is 16.0. The van der Waals surface area contributed by atoms with Gasteiger partial charge in [-0.25, -0.2) is 4.99 Å². The van der Waals surface area contributed by atoms with E-state index in [4.69, 9.17) is 10.1 Å². The number of aliphatic hydroxyl groups is 2. The molecule has 0 bridgehead atoms. The highest BCUT2D eigenvalue weighted by Gasteiger charge is 2.36. The molecule has 0 radical (unpaired) electrons. The van der Waals surface area contributed by atoms with Crippen LogP contribution in [0.15, 0.2) is 40.8 Å². The zero-order valence-corrected chi connectivity index (χ0v) is 18.7. The standard InChI is InChI=1S/C23H30N6O4/c1-23(15-31)13-16-11-18(27-22(32)17(14-24)21-25-3-2-4-26-21)19(12-20(16)33-23)29-7-5-28(6-8-29)9-10-30/h2-4,11-12,14,24-25,30-31H,5-10,13,15H2,1H3,(H,27,32)/b21-17-,24-14?/t23-/m0/s1. The monoisotopic (exact) mass is 454 g/mol. The number of allylic oxidation sites excluding steroid dienone is 1. The quantitative estimate of drug-likeness (QED) is 0.299. The van der Waals surface area contributed by atoms with Crippen LogP contribution in [-0.4, -0.2) is 85.0 Å². The molecule has 3 aliphatic heterocycles. The number of benzene rings is 1. The van der Waals surface area contributed by atoms with E-state index < -0.39 is 11.5 Å². The van der Waals surface area contributed by atoms with Crippen LogP contribution in [0.5, 0.6) is 5.75 Å². The van der Waals surface area contributed by atoms with E-state index in [2.05, 4.69) is 25.4 Å². The zero-order chi connectivity index (χ0) is 23.4. The van der Waals surface area contributed by atoms with Gasteiger partial charge in [0.15, 0.2) is 0 Å². The summed E-state index contributed by atoms with van der Waals surface area (Å²) in [6, 6.07) is 3.82. The molecule has 1 aromatic rings. The van der Waals surface area contributed by atoms with Gasteiger partial charge < -0.3 is 35.9 Å². The molecule has 4 rings (SSSR count). The Kier molecular flexibility index (Phi) is 6.77. The number of fused-ring (bicyclic) bond motifs is 1. The van der Waals surface area contributed by atoms with E-state index in [1.165, 1.54) is 0 Å². The number of nitrogens with zero attached hydrogens (tertiary/aromatic N) is 3.